The summed E-state index contributed by atoms with van der Waals surface area (Å²) in [5, 5.41) is 2.84. The monoisotopic (exact) mass is 529 g/mol. The SMILES string of the molecule is COc1ccc(C(=O)N/C(=C\c2cc(OC)ccc2OC)C(=O)N2CC3CC(C2)c2cccc(=O)n2C3)cc1. The van der Waals surface area contributed by atoms with E-state index in [1.54, 1.807) is 86.9 Å². The molecule has 2 bridgehead atoms. The highest BCUT2D eigenvalue weighted by Crippen LogP contribution is 2.35. The first-order valence-corrected chi connectivity index (χ1v) is 12.8. The molecule has 3 heterocycles. The Bertz CT molecular complexity index is 1480. The number of carbonyl (C=O) groups is 2. The number of carbonyl (C=O) groups excluding carboxylic acids is 2. The second-order valence-electron chi connectivity index (χ2n) is 9.76. The summed E-state index contributed by atoms with van der Waals surface area (Å²) >= 11 is 0. The van der Waals surface area contributed by atoms with E-state index >= 15 is 0 Å². The Kier molecular flexibility index (Phi) is 7.40. The van der Waals surface area contributed by atoms with Crippen LogP contribution in [0.4, 0.5) is 0 Å². The van der Waals surface area contributed by atoms with E-state index in [1.807, 2.05) is 10.6 Å². The molecule has 0 radical (unpaired) electrons. The predicted molar refractivity (Wildman–Crippen MR) is 146 cm³/mol. The van der Waals surface area contributed by atoms with E-state index in [0.29, 0.717) is 48.0 Å². The summed E-state index contributed by atoms with van der Waals surface area (Å²) < 4.78 is 17.9. The second kappa shape index (κ2) is 11.1. The number of piperidine rings is 1. The van der Waals surface area contributed by atoms with E-state index in [0.717, 1.165) is 12.1 Å². The molecule has 2 aromatic carbocycles. The molecule has 202 valence electrons. The van der Waals surface area contributed by atoms with Crippen molar-refractivity contribution in [2.24, 2.45) is 5.92 Å². The third-order valence-electron chi connectivity index (χ3n) is 7.33. The highest BCUT2D eigenvalue weighted by atomic mass is 16.5. The molecule has 2 amide bonds. The molecule has 39 heavy (non-hydrogen) atoms. The summed E-state index contributed by atoms with van der Waals surface area (Å²) in [6.07, 6.45) is 2.53. The van der Waals surface area contributed by atoms with Crippen molar-refractivity contribution in [1.82, 2.24) is 14.8 Å². The molecular formula is C30H31N3O6. The third-order valence-corrected chi connectivity index (χ3v) is 7.33. The van der Waals surface area contributed by atoms with Gasteiger partial charge in [-0.05, 0) is 66.9 Å². The van der Waals surface area contributed by atoms with Gasteiger partial charge in [-0.25, -0.2) is 0 Å². The number of hydrogen-bond donors (Lipinski definition) is 1. The highest BCUT2D eigenvalue weighted by Gasteiger charge is 2.37. The smallest absolute Gasteiger partial charge is 0.270 e. The molecule has 9 heteroatoms. The average Bonchev–Trinajstić information content (AvgIpc) is 2.96. The molecule has 1 aromatic heterocycles. The molecule has 1 N–H and O–H groups in total. The van der Waals surface area contributed by atoms with Crippen LogP contribution < -0.4 is 25.1 Å². The van der Waals surface area contributed by atoms with Crippen molar-refractivity contribution in [2.45, 2.75) is 18.9 Å². The maximum Gasteiger partial charge on any atom is 0.270 e. The standard InChI is InChI=1S/C30H31N3O6/c1-37-23-9-7-20(8-10-23)29(35)31-25(15-21-14-24(38-2)11-12-27(21)39-3)30(36)32-16-19-13-22(18-32)26-5-4-6-28(34)33(26)17-19/h4-12,14-15,19,22H,13,16-18H2,1-3H3,(H,31,35)/b25-15-. The van der Waals surface area contributed by atoms with Crippen LogP contribution in [0.3, 0.4) is 0 Å². The largest absolute Gasteiger partial charge is 0.497 e. The molecule has 1 saturated heterocycles. The first-order valence-electron chi connectivity index (χ1n) is 12.8. The van der Waals surface area contributed by atoms with Crippen LogP contribution in [0.2, 0.25) is 0 Å². The molecule has 0 spiro atoms. The van der Waals surface area contributed by atoms with E-state index in [-0.39, 0.29) is 29.0 Å². The lowest BCUT2D eigenvalue weighted by Crippen LogP contribution is -2.50. The number of rotatable bonds is 7. The van der Waals surface area contributed by atoms with Crippen LogP contribution >= 0.6 is 0 Å². The van der Waals surface area contributed by atoms with Gasteiger partial charge in [0.05, 0.1) is 21.3 Å². The molecule has 1 fully saturated rings. The average molecular weight is 530 g/mol. The van der Waals surface area contributed by atoms with Gasteiger partial charge in [-0.1, -0.05) is 6.07 Å². The van der Waals surface area contributed by atoms with E-state index in [9.17, 15) is 14.4 Å². The van der Waals surface area contributed by atoms with Gasteiger partial charge in [0.15, 0.2) is 0 Å². The van der Waals surface area contributed by atoms with Crippen molar-refractivity contribution in [3.05, 3.63) is 93.5 Å². The molecule has 2 atom stereocenters. The van der Waals surface area contributed by atoms with Crippen LogP contribution in [0.5, 0.6) is 17.2 Å². The van der Waals surface area contributed by atoms with Crippen molar-refractivity contribution in [3.63, 3.8) is 0 Å². The number of amides is 2. The third kappa shape index (κ3) is 5.38. The Hall–Kier alpha value is -4.53. The normalized spacial score (nSPS) is 18.1. The highest BCUT2D eigenvalue weighted by molar-refractivity contribution is 6.05. The Morgan fingerprint density at radius 1 is 0.897 bits per heavy atom. The molecule has 9 nitrogen and oxygen atoms in total. The van der Waals surface area contributed by atoms with E-state index < -0.39 is 5.91 Å². The van der Waals surface area contributed by atoms with Crippen LogP contribution in [0.25, 0.3) is 6.08 Å². The number of pyridine rings is 1. The summed E-state index contributed by atoms with van der Waals surface area (Å²) in [5.41, 5.74) is 2.02. The number of nitrogens with one attached hydrogen (secondary N) is 1. The first-order chi connectivity index (χ1) is 18.9. The Labute approximate surface area is 226 Å². The van der Waals surface area contributed by atoms with Gasteiger partial charge < -0.3 is 29.0 Å². The van der Waals surface area contributed by atoms with Crippen LogP contribution in [-0.4, -0.2) is 55.7 Å². The lowest BCUT2D eigenvalue weighted by atomic mass is 9.83. The number of hydrogen-bond acceptors (Lipinski definition) is 6. The van der Waals surface area contributed by atoms with Crippen LogP contribution in [0.15, 0.2) is 71.2 Å². The number of benzene rings is 2. The Morgan fingerprint density at radius 3 is 2.36 bits per heavy atom. The number of aromatic nitrogens is 1. The second-order valence-corrected chi connectivity index (χ2v) is 9.76. The number of methoxy groups -OCH3 is 3. The topological polar surface area (TPSA) is 99.1 Å². The molecular weight excluding hydrogens is 498 g/mol. The quantitative estimate of drug-likeness (QED) is 0.472. The molecule has 0 aliphatic carbocycles. The van der Waals surface area contributed by atoms with E-state index in [2.05, 4.69) is 5.32 Å². The van der Waals surface area contributed by atoms with E-state index in [4.69, 9.17) is 14.2 Å². The maximum atomic E-state index is 14.0. The molecule has 3 aromatic rings. The predicted octanol–water partition coefficient (Wildman–Crippen LogP) is 3.29. The molecule has 5 rings (SSSR count). The molecule has 2 aliphatic heterocycles. The van der Waals surface area contributed by atoms with Gasteiger partial charge in [0, 0.05) is 48.4 Å². The van der Waals surface area contributed by atoms with Gasteiger partial charge in [0.1, 0.15) is 22.9 Å². The zero-order valence-corrected chi connectivity index (χ0v) is 22.2. The molecule has 2 aliphatic rings. The lowest BCUT2D eigenvalue weighted by molar-refractivity contribution is -0.130. The number of ether oxygens (including phenoxy) is 3. The van der Waals surface area contributed by atoms with Gasteiger partial charge in [-0.2, -0.15) is 0 Å². The van der Waals surface area contributed by atoms with Crippen molar-refractivity contribution >= 4 is 17.9 Å². The van der Waals surface area contributed by atoms with Crippen molar-refractivity contribution in [2.75, 3.05) is 34.4 Å². The molecule has 2 unspecified atom stereocenters. The van der Waals surface area contributed by atoms with E-state index in [1.165, 1.54) is 0 Å². The minimum atomic E-state index is -0.423. The summed E-state index contributed by atoms with van der Waals surface area (Å²) in [7, 11) is 4.66. The van der Waals surface area contributed by atoms with Crippen molar-refractivity contribution < 1.29 is 23.8 Å². The number of nitrogens with zero attached hydrogens (tertiary/aromatic N) is 2. The summed E-state index contributed by atoms with van der Waals surface area (Å²) in [4.78, 5) is 41.5. The summed E-state index contributed by atoms with van der Waals surface area (Å²) in [6, 6.07) is 17.2. The van der Waals surface area contributed by atoms with Gasteiger partial charge in [0.2, 0.25) is 0 Å². The van der Waals surface area contributed by atoms with Crippen LogP contribution in [-0.2, 0) is 11.3 Å². The first kappa shape index (κ1) is 26.1. The lowest BCUT2D eigenvalue weighted by Gasteiger charge is -2.43. The fourth-order valence-corrected chi connectivity index (χ4v) is 5.43. The Morgan fingerprint density at radius 2 is 1.64 bits per heavy atom. The fourth-order valence-electron chi connectivity index (χ4n) is 5.43. The molecule has 0 saturated carbocycles. The van der Waals surface area contributed by atoms with Crippen LogP contribution in [0.1, 0.15) is 34.0 Å². The minimum Gasteiger partial charge on any atom is -0.497 e. The fraction of sp³-hybridized carbons (Fsp3) is 0.300. The van der Waals surface area contributed by atoms with Gasteiger partial charge >= 0.3 is 0 Å². The van der Waals surface area contributed by atoms with Crippen molar-refractivity contribution in [3.8, 4) is 17.2 Å². The Balaban J connectivity index is 1.48. The summed E-state index contributed by atoms with van der Waals surface area (Å²) in [5.74, 6) is 1.20. The van der Waals surface area contributed by atoms with Gasteiger partial charge in [0.25, 0.3) is 17.4 Å². The van der Waals surface area contributed by atoms with Crippen LogP contribution in [0, 0.1) is 5.92 Å². The minimum absolute atomic E-state index is 0.0144. The van der Waals surface area contributed by atoms with Gasteiger partial charge in [-0.3, -0.25) is 14.4 Å². The van der Waals surface area contributed by atoms with Gasteiger partial charge in [-0.15, -0.1) is 0 Å². The summed E-state index contributed by atoms with van der Waals surface area (Å²) in [6.45, 7) is 1.50. The number of likely N-dealkylation sites (tertiary alicyclic amines) is 1. The maximum absolute atomic E-state index is 14.0. The zero-order valence-electron chi connectivity index (χ0n) is 22.2. The zero-order chi connectivity index (χ0) is 27.5. The number of fused-ring (bicyclic) bond motifs is 4. The van der Waals surface area contributed by atoms with Crippen molar-refractivity contribution in [1.29, 1.82) is 0 Å².